The van der Waals surface area contributed by atoms with Gasteiger partial charge in [-0.05, 0) is 24.3 Å². The van der Waals surface area contributed by atoms with Crippen LogP contribution in [-0.2, 0) is 6.42 Å². The lowest BCUT2D eigenvalue weighted by molar-refractivity contribution is 0.734. The Morgan fingerprint density at radius 3 is 2.59 bits per heavy atom. The van der Waals surface area contributed by atoms with Crippen molar-refractivity contribution >= 4 is 16.3 Å². The van der Waals surface area contributed by atoms with Gasteiger partial charge in [0.25, 0.3) is 0 Å². The van der Waals surface area contributed by atoms with Crippen LogP contribution in [0.5, 0.6) is 0 Å². The van der Waals surface area contributed by atoms with Crippen molar-refractivity contribution in [2.45, 2.75) is 39.5 Å². The maximum absolute atomic E-state index is 9.48. The summed E-state index contributed by atoms with van der Waals surface area (Å²) in [6, 6.07) is 10.6. The monoisotopic (exact) mass is 310 g/mol. The van der Waals surface area contributed by atoms with E-state index in [1.807, 2.05) is 0 Å². The molecule has 2 heterocycles. The van der Waals surface area contributed by atoms with Gasteiger partial charge in [0.2, 0.25) is 4.96 Å². The average Bonchev–Trinajstić information content (AvgIpc) is 3.11. The van der Waals surface area contributed by atoms with Gasteiger partial charge < -0.3 is 0 Å². The Bertz CT molecular complexity index is 836. The van der Waals surface area contributed by atoms with Crippen molar-refractivity contribution in [2.75, 3.05) is 0 Å². The summed E-state index contributed by atoms with van der Waals surface area (Å²) >= 11 is 1.54. The third kappa shape index (κ3) is 2.40. The molecule has 0 saturated heterocycles. The topological polar surface area (TPSA) is 54.0 Å². The Labute approximate surface area is 134 Å². The number of fused-ring (bicyclic) bond motifs is 1. The zero-order valence-corrected chi connectivity index (χ0v) is 13.8. The molecule has 1 aromatic carbocycles. The van der Waals surface area contributed by atoms with Crippen LogP contribution in [0.4, 0.5) is 0 Å². The average molecular weight is 310 g/mol. The Kier molecular flexibility index (Phi) is 3.95. The normalized spacial score (nSPS) is 12.5. The molecular weight excluding hydrogens is 292 g/mol. The van der Waals surface area contributed by atoms with Crippen molar-refractivity contribution in [1.82, 2.24) is 14.6 Å². The Balaban J connectivity index is 2.06. The van der Waals surface area contributed by atoms with E-state index in [1.165, 1.54) is 5.56 Å². The van der Waals surface area contributed by atoms with Crippen molar-refractivity contribution in [1.29, 1.82) is 5.26 Å². The van der Waals surface area contributed by atoms with Crippen molar-refractivity contribution in [3.8, 4) is 17.3 Å². The number of aryl methyl sites for hydroxylation is 1. The molecule has 1 unspecified atom stereocenters. The van der Waals surface area contributed by atoms with Gasteiger partial charge >= 0.3 is 0 Å². The lowest BCUT2D eigenvalue weighted by atomic mass is 9.97. The van der Waals surface area contributed by atoms with Gasteiger partial charge in [-0.1, -0.05) is 56.4 Å². The summed E-state index contributed by atoms with van der Waals surface area (Å²) in [5, 5.41) is 14.9. The molecule has 0 saturated carbocycles. The van der Waals surface area contributed by atoms with E-state index in [0.29, 0.717) is 11.6 Å². The Morgan fingerprint density at radius 1 is 1.27 bits per heavy atom. The lowest BCUT2D eigenvalue weighted by Gasteiger charge is -2.09. The molecule has 0 radical (unpaired) electrons. The minimum atomic E-state index is 0.516. The molecule has 0 spiro atoms. The molecule has 0 fully saturated rings. The number of hydrogen-bond donors (Lipinski definition) is 0. The van der Waals surface area contributed by atoms with Gasteiger partial charge in [-0.3, -0.25) is 0 Å². The first-order chi connectivity index (χ1) is 10.7. The number of benzene rings is 1. The molecule has 112 valence electrons. The van der Waals surface area contributed by atoms with Gasteiger partial charge in [0.05, 0.1) is 0 Å². The highest BCUT2D eigenvalue weighted by Gasteiger charge is 2.17. The number of aromatic nitrogens is 3. The quantitative estimate of drug-likeness (QED) is 0.717. The fraction of sp³-hybridized carbons (Fsp3) is 0.353. The summed E-state index contributed by atoms with van der Waals surface area (Å²) in [6.07, 6.45) is 1.98. The van der Waals surface area contributed by atoms with Gasteiger partial charge in [-0.25, -0.2) is 4.98 Å². The first-order valence-electron chi connectivity index (χ1n) is 7.56. The van der Waals surface area contributed by atoms with E-state index in [9.17, 15) is 5.26 Å². The fourth-order valence-corrected chi connectivity index (χ4v) is 3.27. The molecule has 3 aromatic rings. The molecule has 4 nitrogen and oxygen atoms in total. The Morgan fingerprint density at radius 2 is 2.00 bits per heavy atom. The largest absolute Gasteiger partial charge is 0.216 e. The number of nitriles is 1. The molecule has 0 aliphatic carbocycles. The zero-order chi connectivity index (χ0) is 15.7. The molecule has 22 heavy (non-hydrogen) atoms. The fourth-order valence-electron chi connectivity index (χ4n) is 2.44. The van der Waals surface area contributed by atoms with Crippen LogP contribution in [0.2, 0.25) is 0 Å². The zero-order valence-electron chi connectivity index (χ0n) is 13.0. The minimum Gasteiger partial charge on any atom is -0.216 e. The van der Waals surface area contributed by atoms with Crippen LogP contribution >= 0.6 is 11.3 Å². The molecule has 2 aromatic heterocycles. The van der Waals surface area contributed by atoms with E-state index in [-0.39, 0.29) is 0 Å². The van der Waals surface area contributed by atoms with E-state index in [2.05, 4.69) is 61.2 Å². The highest BCUT2D eigenvalue weighted by atomic mass is 32.1. The second-order valence-corrected chi connectivity index (χ2v) is 6.44. The van der Waals surface area contributed by atoms with Crippen LogP contribution in [0.3, 0.4) is 0 Å². The number of nitrogens with zero attached hydrogens (tertiary/aromatic N) is 4. The van der Waals surface area contributed by atoms with Crippen LogP contribution in [0.25, 0.3) is 16.2 Å². The smallest absolute Gasteiger partial charge is 0.214 e. The molecule has 0 bridgehead atoms. The minimum absolute atomic E-state index is 0.516. The van der Waals surface area contributed by atoms with Crippen molar-refractivity contribution in [3.05, 3.63) is 40.5 Å². The predicted octanol–water partition coefficient (Wildman–Crippen LogP) is 4.41. The van der Waals surface area contributed by atoms with Gasteiger partial charge in [0, 0.05) is 5.56 Å². The summed E-state index contributed by atoms with van der Waals surface area (Å²) in [7, 11) is 0. The van der Waals surface area contributed by atoms with E-state index in [1.54, 1.807) is 15.9 Å². The molecule has 3 rings (SSSR count). The van der Waals surface area contributed by atoms with Crippen LogP contribution in [0.1, 0.15) is 49.4 Å². The molecule has 1 atom stereocenters. The standard InChI is InChI=1S/C17H18N4S/c1-4-11(3)12-6-8-13(9-7-12)16-14(10-18)21-17(19-16)22-15(5-2)20-21/h6-9,11H,4-5H2,1-3H3. The van der Waals surface area contributed by atoms with Gasteiger partial charge in [0.15, 0.2) is 5.69 Å². The van der Waals surface area contributed by atoms with E-state index < -0.39 is 0 Å². The van der Waals surface area contributed by atoms with Crippen LogP contribution in [-0.4, -0.2) is 14.6 Å². The number of rotatable bonds is 4. The number of imidazole rings is 1. The maximum atomic E-state index is 9.48. The lowest BCUT2D eigenvalue weighted by Crippen LogP contribution is -1.93. The third-order valence-corrected chi connectivity index (χ3v) is 5.07. The van der Waals surface area contributed by atoms with Crippen LogP contribution < -0.4 is 0 Å². The summed E-state index contributed by atoms with van der Waals surface area (Å²) in [4.78, 5) is 5.40. The van der Waals surface area contributed by atoms with Gasteiger partial charge in [-0.15, -0.1) is 0 Å². The van der Waals surface area contributed by atoms with E-state index >= 15 is 0 Å². The predicted molar refractivity (Wildman–Crippen MR) is 89.1 cm³/mol. The second kappa shape index (κ2) is 5.90. The van der Waals surface area contributed by atoms with E-state index in [4.69, 9.17) is 0 Å². The molecular formula is C17H18N4S. The van der Waals surface area contributed by atoms with Crippen LogP contribution in [0, 0.1) is 11.3 Å². The summed E-state index contributed by atoms with van der Waals surface area (Å²) in [6.45, 7) is 6.46. The first-order valence-corrected chi connectivity index (χ1v) is 8.38. The van der Waals surface area contributed by atoms with E-state index in [0.717, 1.165) is 34.1 Å². The van der Waals surface area contributed by atoms with Gasteiger partial charge in [0.1, 0.15) is 16.8 Å². The summed E-state index contributed by atoms with van der Waals surface area (Å²) in [5.74, 6) is 0.545. The van der Waals surface area contributed by atoms with Crippen molar-refractivity contribution in [3.63, 3.8) is 0 Å². The highest BCUT2D eigenvalue weighted by molar-refractivity contribution is 7.16. The SMILES string of the molecule is CCc1nn2c(C#N)c(-c3ccc(C(C)CC)cc3)nc2s1. The summed E-state index contributed by atoms with van der Waals surface area (Å²) in [5.41, 5.74) is 3.53. The summed E-state index contributed by atoms with van der Waals surface area (Å²) < 4.78 is 1.67. The van der Waals surface area contributed by atoms with Crippen molar-refractivity contribution < 1.29 is 0 Å². The Hall–Kier alpha value is -2.19. The molecule has 5 heteroatoms. The molecule has 0 aliphatic heterocycles. The van der Waals surface area contributed by atoms with Crippen molar-refractivity contribution in [2.24, 2.45) is 0 Å². The number of hydrogen-bond acceptors (Lipinski definition) is 4. The molecule has 0 N–H and O–H groups in total. The third-order valence-electron chi connectivity index (χ3n) is 4.02. The first kappa shape index (κ1) is 14.7. The van der Waals surface area contributed by atoms with Crippen LogP contribution in [0.15, 0.2) is 24.3 Å². The maximum Gasteiger partial charge on any atom is 0.214 e. The van der Waals surface area contributed by atoms with Gasteiger partial charge in [-0.2, -0.15) is 14.9 Å². The molecule has 0 amide bonds. The highest BCUT2D eigenvalue weighted by Crippen LogP contribution is 2.28. The second-order valence-electron chi connectivity index (χ2n) is 5.40. The molecule has 0 aliphatic rings.